The van der Waals surface area contributed by atoms with E-state index in [1.54, 1.807) is 11.3 Å². The van der Waals surface area contributed by atoms with E-state index in [1.807, 2.05) is 37.4 Å². The summed E-state index contributed by atoms with van der Waals surface area (Å²) in [6, 6.07) is 5.97. The van der Waals surface area contributed by atoms with Crippen LogP contribution in [0.4, 0.5) is 0 Å². The van der Waals surface area contributed by atoms with Crippen molar-refractivity contribution in [3.05, 3.63) is 40.7 Å². The summed E-state index contributed by atoms with van der Waals surface area (Å²) >= 11 is 3.04. The SMILES string of the molecule is Cc1csc(SCC(=O)NCc2ccc3nc(C)[nH]c3c2)n1. The van der Waals surface area contributed by atoms with Crippen LogP contribution in [-0.2, 0) is 11.3 Å². The molecule has 0 radical (unpaired) electrons. The summed E-state index contributed by atoms with van der Waals surface area (Å²) < 4.78 is 0.932. The van der Waals surface area contributed by atoms with Crippen molar-refractivity contribution in [2.75, 3.05) is 5.75 Å². The second-order valence-electron chi connectivity index (χ2n) is 4.99. The van der Waals surface area contributed by atoms with Crippen molar-refractivity contribution in [2.24, 2.45) is 0 Å². The fourth-order valence-corrected chi connectivity index (χ4v) is 3.75. The molecule has 22 heavy (non-hydrogen) atoms. The van der Waals surface area contributed by atoms with Crippen molar-refractivity contribution in [3.63, 3.8) is 0 Å². The van der Waals surface area contributed by atoms with Gasteiger partial charge in [-0.05, 0) is 31.5 Å². The highest BCUT2D eigenvalue weighted by molar-refractivity contribution is 8.01. The van der Waals surface area contributed by atoms with E-state index in [2.05, 4.69) is 20.3 Å². The van der Waals surface area contributed by atoms with Crippen LogP contribution in [0, 0.1) is 13.8 Å². The van der Waals surface area contributed by atoms with Gasteiger partial charge in [-0.1, -0.05) is 17.8 Å². The van der Waals surface area contributed by atoms with Crippen LogP contribution in [0.5, 0.6) is 0 Å². The number of aromatic nitrogens is 3. The number of carbonyl (C=O) groups excluding carboxylic acids is 1. The van der Waals surface area contributed by atoms with E-state index in [0.717, 1.165) is 32.5 Å². The number of hydrogen-bond acceptors (Lipinski definition) is 5. The molecule has 114 valence electrons. The first-order chi connectivity index (χ1) is 10.6. The van der Waals surface area contributed by atoms with Gasteiger partial charge in [-0.25, -0.2) is 9.97 Å². The number of carbonyl (C=O) groups is 1. The van der Waals surface area contributed by atoms with Crippen LogP contribution in [0.1, 0.15) is 17.1 Å². The summed E-state index contributed by atoms with van der Waals surface area (Å²) in [6.45, 7) is 4.40. The van der Waals surface area contributed by atoms with Crippen LogP contribution in [0.15, 0.2) is 27.9 Å². The molecule has 0 spiro atoms. The number of nitrogens with one attached hydrogen (secondary N) is 2. The van der Waals surface area contributed by atoms with Gasteiger partial charge in [-0.3, -0.25) is 4.79 Å². The Bertz CT molecular complexity index is 809. The number of benzene rings is 1. The van der Waals surface area contributed by atoms with Gasteiger partial charge in [0.25, 0.3) is 0 Å². The van der Waals surface area contributed by atoms with Crippen molar-refractivity contribution in [2.45, 2.75) is 24.7 Å². The number of aromatic amines is 1. The molecule has 0 fully saturated rings. The van der Waals surface area contributed by atoms with Crippen LogP contribution < -0.4 is 5.32 Å². The van der Waals surface area contributed by atoms with E-state index in [-0.39, 0.29) is 5.91 Å². The fourth-order valence-electron chi connectivity index (χ4n) is 2.07. The lowest BCUT2D eigenvalue weighted by molar-refractivity contribution is -0.118. The molecule has 2 aromatic heterocycles. The van der Waals surface area contributed by atoms with Gasteiger partial charge in [-0.15, -0.1) is 11.3 Å². The average Bonchev–Trinajstić information content (AvgIpc) is 3.06. The molecule has 1 amide bonds. The van der Waals surface area contributed by atoms with E-state index in [0.29, 0.717) is 12.3 Å². The number of thiazole rings is 1. The molecule has 2 N–H and O–H groups in total. The van der Waals surface area contributed by atoms with Crippen molar-refractivity contribution >= 4 is 40.0 Å². The number of amides is 1. The number of imidazole rings is 1. The molecule has 0 aliphatic heterocycles. The molecule has 0 aliphatic carbocycles. The normalized spacial score (nSPS) is 11.0. The van der Waals surface area contributed by atoms with E-state index in [1.165, 1.54) is 11.8 Å². The summed E-state index contributed by atoms with van der Waals surface area (Å²) in [5.41, 5.74) is 4.00. The molecule has 0 aliphatic rings. The van der Waals surface area contributed by atoms with Crippen LogP contribution in [0.2, 0.25) is 0 Å². The Kier molecular flexibility index (Phi) is 4.44. The average molecular weight is 332 g/mol. The summed E-state index contributed by atoms with van der Waals surface area (Å²) in [7, 11) is 0. The van der Waals surface area contributed by atoms with Crippen molar-refractivity contribution in [1.82, 2.24) is 20.3 Å². The van der Waals surface area contributed by atoms with E-state index in [9.17, 15) is 4.79 Å². The van der Waals surface area contributed by atoms with E-state index in [4.69, 9.17) is 0 Å². The Morgan fingerprint density at radius 3 is 3.00 bits per heavy atom. The maximum absolute atomic E-state index is 11.9. The molecule has 2 heterocycles. The van der Waals surface area contributed by atoms with Crippen molar-refractivity contribution in [1.29, 1.82) is 0 Å². The molecule has 7 heteroatoms. The highest BCUT2D eigenvalue weighted by Gasteiger charge is 2.06. The summed E-state index contributed by atoms with van der Waals surface area (Å²) in [5.74, 6) is 1.29. The number of thioether (sulfide) groups is 1. The zero-order valence-electron chi connectivity index (χ0n) is 12.3. The number of fused-ring (bicyclic) bond motifs is 1. The first-order valence-electron chi connectivity index (χ1n) is 6.87. The third kappa shape index (κ3) is 3.66. The van der Waals surface area contributed by atoms with Crippen molar-refractivity contribution in [3.8, 4) is 0 Å². The first-order valence-corrected chi connectivity index (χ1v) is 8.73. The molecule has 0 bridgehead atoms. The number of nitrogens with zero attached hydrogens (tertiary/aromatic N) is 2. The van der Waals surface area contributed by atoms with Gasteiger partial charge in [0.1, 0.15) is 5.82 Å². The molecule has 0 unspecified atom stereocenters. The smallest absolute Gasteiger partial charge is 0.230 e. The van der Waals surface area contributed by atoms with Crippen LogP contribution in [0.25, 0.3) is 11.0 Å². The summed E-state index contributed by atoms with van der Waals surface area (Å²) in [4.78, 5) is 23.8. The summed E-state index contributed by atoms with van der Waals surface area (Å²) in [5, 5.41) is 4.92. The first kappa shape index (κ1) is 15.1. The predicted octanol–water partition coefficient (Wildman–Crippen LogP) is 3.04. The predicted molar refractivity (Wildman–Crippen MR) is 90.3 cm³/mol. The maximum atomic E-state index is 11.9. The zero-order chi connectivity index (χ0) is 15.5. The molecule has 3 rings (SSSR count). The molecule has 0 atom stereocenters. The largest absolute Gasteiger partial charge is 0.351 e. The maximum Gasteiger partial charge on any atom is 0.230 e. The van der Waals surface area contributed by atoms with Gasteiger partial charge in [0.15, 0.2) is 4.34 Å². The Morgan fingerprint density at radius 2 is 2.23 bits per heavy atom. The molecule has 5 nitrogen and oxygen atoms in total. The van der Waals surface area contributed by atoms with Gasteiger partial charge in [0.05, 0.1) is 16.8 Å². The minimum absolute atomic E-state index is 0.0127. The van der Waals surface area contributed by atoms with Gasteiger partial charge in [-0.2, -0.15) is 0 Å². The number of hydrogen-bond donors (Lipinski definition) is 2. The second kappa shape index (κ2) is 6.50. The molecule has 0 saturated carbocycles. The van der Waals surface area contributed by atoms with Gasteiger partial charge < -0.3 is 10.3 Å². The molecule has 1 aromatic carbocycles. The van der Waals surface area contributed by atoms with Crippen LogP contribution in [0.3, 0.4) is 0 Å². The van der Waals surface area contributed by atoms with E-state index >= 15 is 0 Å². The van der Waals surface area contributed by atoms with Gasteiger partial charge in [0.2, 0.25) is 5.91 Å². The Morgan fingerprint density at radius 1 is 1.36 bits per heavy atom. The van der Waals surface area contributed by atoms with E-state index < -0.39 is 0 Å². The number of rotatable bonds is 5. The lowest BCUT2D eigenvalue weighted by atomic mass is 10.2. The fraction of sp³-hybridized carbons (Fsp3) is 0.267. The lowest BCUT2D eigenvalue weighted by Gasteiger charge is -2.04. The summed E-state index contributed by atoms with van der Waals surface area (Å²) in [6.07, 6.45) is 0. The van der Waals surface area contributed by atoms with Gasteiger partial charge >= 0.3 is 0 Å². The highest BCUT2D eigenvalue weighted by atomic mass is 32.2. The van der Waals surface area contributed by atoms with Crippen molar-refractivity contribution < 1.29 is 4.79 Å². The minimum atomic E-state index is 0.0127. The zero-order valence-corrected chi connectivity index (χ0v) is 14.0. The molecule has 3 aromatic rings. The Labute approximate surface area is 136 Å². The molecular weight excluding hydrogens is 316 g/mol. The third-order valence-corrected chi connectivity index (χ3v) is 5.22. The Hall–Kier alpha value is -1.86. The molecular formula is C15H16N4OS2. The van der Waals surface area contributed by atoms with Crippen LogP contribution in [-0.4, -0.2) is 26.6 Å². The van der Waals surface area contributed by atoms with Gasteiger partial charge in [0, 0.05) is 17.6 Å². The van der Waals surface area contributed by atoms with Crippen LogP contribution >= 0.6 is 23.1 Å². The minimum Gasteiger partial charge on any atom is -0.351 e. The monoisotopic (exact) mass is 332 g/mol. The standard InChI is InChI=1S/C15H16N4OS2/c1-9-7-21-15(17-9)22-8-14(20)16-6-11-3-4-12-13(5-11)19-10(2)18-12/h3-5,7H,6,8H2,1-2H3,(H,16,20)(H,18,19). The lowest BCUT2D eigenvalue weighted by Crippen LogP contribution is -2.24. The highest BCUT2D eigenvalue weighted by Crippen LogP contribution is 2.21. The quantitative estimate of drug-likeness (QED) is 0.705. The topological polar surface area (TPSA) is 70.7 Å². The second-order valence-corrected chi connectivity index (χ2v) is 7.07. The Balaban J connectivity index is 1.53. The molecule has 0 saturated heterocycles. The number of H-pyrrole nitrogens is 1. The number of aryl methyl sites for hydroxylation is 2. The third-order valence-electron chi connectivity index (χ3n) is 3.08.